The summed E-state index contributed by atoms with van der Waals surface area (Å²) in [7, 11) is 0. The van der Waals surface area contributed by atoms with Crippen LogP contribution in [0, 0.1) is 5.41 Å². The highest BCUT2D eigenvalue weighted by Gasteiger charge is 2.29. The van der Waals surface area contributed by atoms with Crippen molar-refractivity contribution in [1.29, 1.82) is 0 Å². The number of carbonyl (C=O) groups is 1. The summed E-state index contributed by atoms with van der Waals surface area (Å²) in [5.41, 5.74) is 1.23. The van der Waals surface area contributed by atoms with E-state index in [4.69, 9.17) is 0 Å². The average Bonchev–Trinajstić information content (AvgIpc) is 2.82. The van der Waals surface area contributed by atoms with E-state index in [1.54, 1.807) is 0 Å². The molecule has 1 unspecified atom stereocenters. The zero-order valence-corrected chi connectivity index (χ0v) is 11.6. The fourth-order valence-electron chi connectivity index (χ4n) is 2.96. The van der Waals surface area contributed by atoms with Crippen molar-refractivity contribution < 1.29 is 9.90 Å². The maximum absolute atomic E-state index is 11.4. The minimum atomic E-state index is -0.754. The Kier molecular flexibility index (Phi) is 4.59. The van der Waals surface area contributed by atoms with Gasteiger partial charge in [0.25, 0.3) is 0 Å². The van der Waals surface area contributed by atoms with Crippen molar-refractivity contribution in [3.05, 3.63) is 35.9 Å². The van der Waals surface area contributed by atoms with Crippen LogP contribution in [0.5, 0.6) is 0 Å². The Morgan fingerprint density at radius 2 is 1.95 bits per heavy atom. The topological polar surface area (TPSA) is 49.3 Å². The van der Waals surface area contributed by atoms with Crippen molar-refractivity contribution in [2.24, 2.45) is 5.41 Å². The van der Waals surface area contributed by atoms with Crippen molar-refractivity contribution in [3.8, 4) is 0 Å². The van der Waals surface area contributed by atoms with E-state index in [9.17, 15) is 9.90 Å². The molecule has 0 radical (unpaired) electrons. The molecule has 3 heteroatoms. The second kappa shape index (κ2) is 6.20. The SMILES string of the molecule is CC1(CNCC(C(=O)O)c2ccccc2)CCCC1. The predicted molar refractivity (Wildman–Crippen MR) is 76.3 cm³/mol. The molecule has 1 aliphatic carbocycles. The molecule has 104 valence electrons. The van der Waals surface area contributed by atoms with Crippen molar-refractivity contribution in [3.63, 3.8) is 0 Å². The van der Waals surface area contributed by atoms with Gasteiger partial charge in [0.2, 0.25) is 0 Å². The molecule has 2 rings (SSSR count). The monoisotopic (exact) mass is 261 g/mol. The van der Waals surface area contributed by atoms with E-state index >= 15 is 0 Å². The Balaban J connectivity index is 1.90. The van der Waals surface area contributed by atoms with E-state index in [-0.39, 0.29) is 0 Å². The van der Waals surface area contributed by atoms with Crippen LogP contribution in [-0.2, 0) is 4.79 Å². The first kappa shape index (κ1) is 14.1. The first-order valence-electron chi connectivity index (χ1n) is 7.09. The number of carboxylic acids is 1. The van der Waals surface area contributed by atoms with Gasteiger partial charge in [-0.1, -0.05) is 50.1 Å². The predicted octanol–water partition coefficient (Wildman–Crippen LogP) is 3.02. The van der Waals surface area contributed by atoms with Gasteiger partial charge in [0.1, 0.15) is 0 Å². The fraction of sp³-hybridized carbons (Fsp3) is 0.562. The van der Waals surface area contributed by atoms with Crippen molar-refractivity contribution in [2.45, 2.75) is 38.5 Å². The van der Waals surface area contributed by atoms with Gasteiger partial charge in [-0.2, -0.15) is 0 Å². The van der Waals surface area contributed by atoms with Gasteiger partial charge in [-0.3, -0.25) is 4.79 Å². The molecular formula is C16H23NO2. The van der Waals surface area contributed by atoms with Crippen molar-refractivity contribution in [1.82, 2.24) is 5.32 Å². The second-order valence-corrected chi connectivity index (χ2v) is 5.95. The van der Waals surface area contributed by atoms with Crippen molar-refractivity contribution in [2.75, 3.05) is 13.1 Å². The molecule has 19 heavy (non-hydrogen) atoms. The average molecular weight is 261 g/mol. The van der Waals surface area contributed by atoms with Crippen LogP contribution < -0.4 is 5.32 Å². The summed E-state index contributed by atoms with van der Waals surface area (Å²) in [5, 5.41) is 12.7. The quantitative estimate of drug-likeness (QED) is 0.827. The molecule has 0 spiro atoms. The lowest BCUT2D eigenvalue weighted by Crippen LogP contribution is -2.34. The smallest absolute Gasteiger partial charge is 0.312 e. The van der Waals surface area contributed by atoms with Crippen LogP contribution in [0.15, 0.2) is 30.3 Å². The molecule has 0 bridgehead atoms. The number of nitrogens with one attached hydrogen (secondary N) is 1. The minimum Gasteiger partial charge on any atom is -0.481 e. The van der Waals surface area contributed by atoms with E-state index in [0.29, 0.717) is 12.0 Å². The second-order valence-electron chi connectivity index (χ2n) is 5.95. The number of hydrogen-bond donors (Lipinski definition) is 2. The number of hydrogen-bond acceptors (Lipinski definition) is 2. The van der Waals surface area contributed by atoms with Crippen LogP contribution in [0.2, 0.25) is 0 Å². The van der Waals surface area contributed by atoms with E-state index in [1.807, 2.05) is 30.3 Å². The summed E-state index contributed by atoms with van der Waals surface area (Å²) in [6, 6.07) is 9.47. The maximum atomic E-state index is 11.4. The minimum absolute atomic E-state index is 0.361. The summed E-state index contributed by atoms with van der Waals surface area (Å²) in [4.78, 5) is 11.4. The standard InChI is InChI=1S/C16H23NO2/c1-16(9-5-6-10-16)12-17-11-14(15(18)19)13-7-3-2-4-8-13/h2-4,7-8,14,17H,5-6,9-12H2,1H3,(H,18,19). The lowest BCUT2D eigenvalue weighted by molar-refractivity contribution is -0.138. The van der Waals surface area contributed by atoms with Crippen molar-refractivity contribution >= 4 is 5.97 Å². The van der Waals surface area contributed by atoms with Crippen LogP contribution in [0.4, 0.5) is 0 Å². The molecule has 1 aromatic rings. The van der Waals surface area contributed by atoms with Crippen LogP contribution in [-0.4, -0.2) is 24.2 Å². The first-order chi connectivity index (χ1) is 9.11. The molecule has 0 aliphatic heterocycles. The third-order valence-electron chi connectivity index (χ3n) is 4.21. The van der Waals surface area contributed by atoms with Gasteiger partial charge in [0.05, 0.1) is 5.92 Å². The molecule has 1 aliphatic rings. The molecule has 0 amide bonds. The first-order valence-corrected chi connectivity index (χ1v) is 7.09. The molecule has 1 saturated carbocycles. The van der Waals surface area contributed by atoms with E-state index in [1.165, 1.54) is 25.7 Å². The normalized spacial score (nSPS) is 19.2. The van der Waals surface area contributed by atoms with Crippen LogP contribution in [0.3, 0.4) is 0 Å². The summed E-state index contributed by atoms with van der Waals surface area (Å²) in [6.07, 6.45) is 5.12. The molecule has 0 saturated heterocycles. The van der Waals surface area contributed by atoms with Crippen LogP contribution in [0.25, 0.3) is 0 Å². The Hall–Kier alpha value is -1.35. The van der Waals surface area contributed by atoms with Crippen LogP contribution in [0.1, 0.15) is 44.1 Å². The molecule has 2 N–H and O–H groups in total. The van der Waals surface area contributed by atoms with E-state index in [0.717, 1.165) is 12.1 Å². The zero-order valence-electron chi connectivity index (χ0n) is 11.6. The summed E-state index contributed by atoms with van der Waals surface area (Å²) in [5.74, 6) is -1.21. The lowest BCUT2D eigenvalue weighted by atomic mass is 9.88. The Bertz CT molecular complexity index is 410. The summed E-state index contributed by atoms with van der Waals surface area (Å²) in [6.45, 7) is 3.73. The number of benzene rings is 1. The van der Waals surface area contributed by atoms with Gasteiger partial charge < -0.3 is 10.4 Å². The van der Waals surface area contributed by atoms with E-state index in [2.05, 4.69) is 12.2 Å². The van der Waals surface area contributed by atoms with E-state index < -0.39 is 11.9 Å². The van der Waals surface area contributed by atoms with Gasteiger partial charge in [-0.05, 0) is 23.8 Å². The highest BCUT2D eigenvalue weighted by molar-refractivity contribution is 5.76. The van der Waals surface area contributed by atoms with Gasteiger partial charge in [0.15, 0.2) is 0 Å². The largest absolute Gasteiger partial charge is 0.481 e. The highest BCUT2D eigenvalue weighted by Crippen LogP contribution is 2.36. The number of aliphatic carboxylic acids is 1. The Labute approximate surface area is 115 Å². The molecule has 3 nitrogen and oxygen atoms in total. The lowest BCUT2D eigenvalue weighted by Gasteiger charge is -2.25. The van der Waals surface area contributed by atoms with Gasteiger partial charge >= 0.3 is 5.97 Å². The summed E-state index contributed by atoms with van der Waals surface area (Å²) >= 11 is 0. The third-order valence-corrected chi connectivity index (χ3v) is 4.21. The molecule has 1 fully saturated rings. The molecule has 0 heterocycles. The Morgan fingerprint density at radius 1 is 1.32 bits per heavy atom. The molecular weight excluding hydrogens is 238 g/mol. The zero-order chi connectivity index (χ0) is 13.7. The van der Waals surface area contributed by atoms with Gasteiger partial charge in [0, 0.05) is 13.1 Å². The highest BCUT2D eigenvalue weighted by atomic mass is 16.4. The maximum Gasteiger partial charge on any atom is 0.312 e. The number of rotatable bonds is 6. The molecule has 1 aromatic carbocycles. The molecule has 0 aromatic heterocycles. The molecule has 1 atom stereocenters. The van der Waals surface area contributed by atoms with Crippen LogP contribution >= 0.6 is 0 Å². The Morgan fingerprint density at radius 3 is 2.53 bits per heavy atom. The fourth-order valence-corrected chi connectivity index (χ4v) is 2.96. The third kappa shape index (κ3) is 3.80. The summed E-state index contributed by atoms with van der Waals surface area (Å²) < 4.78 is 0. The number of carboxylic acid groups (broad SMARTS) is 1. The van der Waals surface area contributed by atoms with Gasteiger partial charge in [-0.25, -0.2) is 0 Å². The van der Waals surface area contributed by atoms with Gasteiger partial charge in [-0.15, -0.1) is 0 Å².